The number of hydrogen-bond acceptors (Lipinski definition) is 7. The Balaban J connectivity index is 1.60. The molecule has 11 heteroatoms. The van der Waals surface area contributed by atoms with E-state index in [9.17, 15) is 23.2 Å². The van der Waals surface area contributed by atoms with Gasteiger partial charge in [-0.25, -0.2) is 18.6 Å². The Morgan fingerprint density at radius 2 is 1.88 bits per heavy atom. The van der Waals surface area contributed by atoms with E-state index in [-0.39, 0.29) is 29.4 Å². The fraction of sp³-hybridized carbons (Fsp3) is 0.190. The van der Waals surface area contributed by atoms with Gasteiger partial charge in [-0.15, -0.1) is 0 Å². The minimum absolute atomic E-state index is 0.0345. The number of benzene rings is 1. The van der Waals surface area contributed by atoms with Gasteiger partial charge in [0.25, 0.3) is 5.56 Å². The number of fused-ring (bicyclic) bond motifs is 1. The van der Waals surface area contributed by atoms with Gasteiger partial charge in [0.05, 0.1) is 6.54 Å². The van der Waals surface area contributed by atoms with Crippen molar-refractivity contribution >= 4 is 29.8 Å². The Morgan fingerprint density at radius 1 is 1.12 bits per heavy atom. The van der Waals surface area contributed by atoms with Crippen LogP contribution in [0.1, 0.15) is 11.1 Å². The zero-order valence-electron chi connectivity index (χ0n) is 16.7. The molecule has 0 aliphatic carbocycles. The molecule has 0 saturated heterocycles. The van der Waals surface area contributed by atoms with Gasteiger partial charge in [-0.05, 0) is 35.4 Å². The van der Waals surface area contributed by atoms with Crippen molar-refractivity contribution in [3.05, 3.63) is 86.3 Å². The maximum atomic E-state index is 13.5. The van der Waals surface area contributed by atoms with Crippen LogP contribution >= 0.6 is 11.8 Å². The number of rotatable bonds is 5. The van der Waals surface area contributed by atoms with Gasteiger partial charge < -0.3 is 4.74 Å². The third kappa shape index (κ3) is 4.24. The van der Waals surface area contributed by atoms with Crippen LogP contribution in [0.15, 0.2) is 62.2 Å². The van der Waals surface area contributed by atoms with Crippen LogP contribution < -0.4 is 11.2 Å². The zero-order chi connectivity index (χ0) is 22.8. The molecule has 0 bridgehead atoms. The second-order valence-electron chi connectivity index (χ2n) is 6.91. The predicted molar refractivity (Wildman–Crippen MR) is 113 cm³/mol. The second-order valence-corrected chi connectivity index (χ2v) is 8.07. The largest absolute Gasteiger partial charge is 0.460 e. The van der Waals surface area contributed by atoms with Gasteiger partial charge in [0, 0.05) is 25.7 Å². The number of ether oxygens (including phenoxy) is 1. The molecule has 0 radical (unpaired) electrons. The van der Waals surface area contributed by atoms with Crippen LogP contribution in [-0.4, -0.2) is 31.6 Å². The lowest BCUT2D eigenvalue weighted by Crippen LogP contribution is -2.41. The van der Waals surface area contributed by atoms with Gasteiger partial charge in [0.1, 0.15) is 16.8 Å². The summed E-state index contributed by atoms with van der Waals surface area (Å²) in [6, 6.07) is 6.54. The molecule has 32 heavy (non-hydrogen) atoms. The van der Waals surface area contributed by atoms with E-state index < -0.39 is 34.1 Å². The van der Waals surface area contributed by atoms with Gasteiger partial charge in [0.15, 0.2) is 17.5 Å². The number of pyridine rings is 1. The molecule has 1 aliphatic heterocycles. The Morgan fingerprint density at radius 3 is 2.59 bits per heavy atom. The van der Waals surface area contributed by atoms with Crippen molar-refractivity contribution in [2.24, 2.45) is 12.0 Å². The number of hydrogen-bond donors (Lipinski definition) is 0. The third-order valence-corrected chi connectivity index (χ3v) is 5.90. The lowest BCUT2D eigenvalue weighted by molar-refractivity contribution is -0.142. The number of esters is 1. The highest BCUT2D eigenvalue weighted by atomic mass is 32.2. The number of nitrogens with zero attached hydrogens (tertiary/aromatic N) is 4. The van der Waals surface area contributed by atoms with Crippen molar-refractivity contribution in [3.8, 4) is 0 Å². The molecule has 2 aromatic heterocycles. The topological polar surface area (TPSA) is 95.5 Å². The number of carbonyl (C=O) groups is 1. The quantitative estimate of drug-likeness (QED) is 0.544. The summed E-state index contributed by atoms with van der Waals surface area (Å²) in [5.41, 5.74) is -0.361. The van der Waals surface area contributed by atoms with Crippen LogP contribution in [0.25, 0.3) is 0 Å². The van der Waals surface area contributed by atoms with Gasteiger partial charge in [-0.3, -0.25) is 23.7 Å². The molecule has 0 amide bonds. The average Bonchev–Trinajstić information content (AvgIpc) is 2.81. The SMILES string of the molecule is Cn1c2c(c(=O)n(Cc3ccc(F)c(F)c3)c1=O)SC(C(=O)OCc1ccncc1)C=N2. The third-order valence-electron chi connectivity index (χ3n) is 4.74. The van der Waals surface area contributed by atoms with Crippen molar-refractivity contribution in [2.45, 2.75) is 23.3 Å². The second kappa shape index (κ2) is 8.87. The van der Waals surface area contributed by atoms with Crippen LogP contribution in [-0.2, 0) is 29.7 Å². The summed E-state index contributed by atoms with van der Waals surface area (Å²) in [5, 5.41) is -0.883. The van der Waals surface area contributed by atoms with Crippen LogP contribution in [0.3, 0.4) is 0 Å². The summed E-state index contributed by atoms with van der Waals surface area (Å²) >= 11 is 0.917. The summed E-state index contributed by atoms with van der Waals surface area (Å²) in [4.78, 5) is 46.3. The number of thioether (sulfide) groups is 1. The van der Waals surface area contributed by atoms with E-state index in [1.807, 2.05) is 0 Å². The summed E-state index contributed by atoms with van der Waals surface area (Å²) in [5.74, 6) is -2.59. The van der Waals surface area contributed by atoms with E-state index in [1.165, 1.54) is 23.9 Å². The highest BCUT2D eigenvalue weighted by molar-refractivity contribution is 8.01. The standard InChI is InChI=1S/C21H16F2N4O4S/c1-26-18-17(19(28)27(21(26)30)10-13-2-3-14(22)15(23)8-13)32-16(9-25-18)20(29)31-11-12-4-6-24-7-5-12/h2-9,16H,10-11H2,1H3. The highest BCUT2D eigenvalue weighted by Gasteiger charge is 2.29. The molecule has 1 aliphatic rings. The maximum Gasteiger partial charge on any atom is 0.332 e. The minimum Gasteiger partial charge on any atom is -0.460 e. The molecule has 0 spiro atoms. The molecule has 1 unspecified atom stereocenters. The first-order valence-corrected chi connectivity index (χ1v) is 10.3. The summed E-state index contributed by atoms with van der Waals surface area (Å²) in [7, 11) is 1.43. The Hall–Kier alpha value is -3.60. The van der Waals surface area contributed by atoms with E-state index in [4.69, 9.17) is 4.74 Å². The Labute approximate surface area is 184 Å². The number of aromatic nitrogens is 3. The van der Waals surface area contributed by atoms with E-state index in [0.29, 0.717) is 0 Å². The van der Waals surface area contributed by atoms with E-state index in [1.54, 1.807) is 24.5 Å². The first-order valence-electron chi connectivity index (χ1n) is 9.39. The van der Waals surface area contributed by atoms with Crippen LogP contribution in [0.4, 0.5) is 14.6 Å². The van der Waals surface area contributed by atoms with Crippen LogP contribution in [0, 0.1) is 11.6 Å². The van der Waals surface area contributed by atoms with Crippen molar-refractivity contribution in [1.29, 1.82) is 0 Å². The van der Waals surface area contributed by atoms with Crippen molar-refractivity contribution < 1.29 is 18.3 Å². The predicted octanol–water partition coefficient (Wildman–Crippen LogP) is 2.19. The molecule has 164 valence electrons. The number of halogens is 2. The van der Waals surface area contributed by atoms with Gasteiger partial charge in [-0.2, -0.15) is 0 Å². The van der Waals surface area contributed by atoms with Crippen LogP contribution in [0.5, 0.6) is 0 Å². The number of aliphatic imine (C=N–C) groups is 1. The Bertz CT molecular complexity index is 1340. The van der Waals surface area contributed by atoms with E-state index >= 15 is 0 Å². The lowest BCUT2D eigenvalue weighted by atomic mass is 10.2. The Kier molecular flexibility index (Phi) is 5.99. The zero-order valence-corrected chi connectivity index (χ0v) is 17.5. The molecule has 3 aromatic rings. The normalized spacial score (nSPS) is 14.8. The first-order chi connectivity index (χ1) is 15.3. The summed E-state index contributed by atoms with van der Waals surface area (Å²) < 4.78 is 34.1. The summed E-state index contributed by atoms with van der Waals surface area (Å²) in [6.45, 7) is -0.232. The molecule has 0 saturated carbocycles. The van der Waals surface area contributed by atoms with Crippen molar-refractivity contribution in [2.75, 3.05) is 0 Å². The van der Waals surface area contributed by atoms with Gasteiger partial charge >= 0.3 is 11.7 Å². The molecular weight excluding hydrogens is 442 g/mol. The minimum atomic E-state index is -1.08. The van der Waals surface area contributed by atoms with E-state index in [0.717, 1.165) is 34.0 Å². The maximum absolute atomic E-state index is 13.5. The van der Waals surface area contributed by atoms with Crippen molar-refractivity contribution in [1.82, 2.24) is 14.1 Å². The number of carbonyl (C=O) groups excluding carboxylic acids is 1. The molecule has 0 N–H and O–H groups in total. The lowest BCUT2D eigenvalue weighted by Gasteiger charge is -2.20. The molecule has 1 aromatic carbocycles. The molecule has 4 rings (SSSR count). The van der Waals surface area contributed by atoms with E-state index in [2.05, 4.69) is 9.98 Å². The average molecular weight is 458 g/mol. The fourth-order valence-electron chi connectivity index (χ4n) is 3.06. The molecule has 3 heterocycles. The molecule has 8 nitrogen and oxygen atoms in total. The van der Waals surface area contributed by atoms with Crippen LogP contribution in [0.2, 0.25) is 0 Å². The van der Waals surface area contributed by atoms with Gasteiger partial charge in [-0.1, -0.05) is 17.8 Å². The smallest absolute Gasteiger partial charge is 0.332 e. The van der Waals surface area contributed by atoms with Gasteiger partial charge in [0.2, 0.25) is 0 Å². The first kappa shape index (κ1) is 21.6. The molecular formula is C21H16F2N4O4S. The fourth-order valence-corrected chi connectivity index (χ4v) is 4.10. The van der Waals surface area contributed by atoms with Crippen molar-refractivity contribution in [3.63, 3.8) is 0 Å². The molecule has 0 fully saturated rings. The monoisotopic (exact) mass is 458 g/mol. The highest BCUT2D eigenvalue weighted by Crippen LogP contribution is 2.32. The molecule has 1 atom stereocenters. The summed E-state index contributed by atoms with van der Waals surface area (Å²) in [6.07, 6.45) is 4.47.